The van der Waals surface area contributed by atoms with Gasteiger partial charge in [0, 0.05) is 21.6 Å². The van der Waals surface area contributed by atoms with Crippen LogP contribution in [0, 0.1) is 0 Å². The van der Waals surface area contributed by atoms with Gasteiger partial charge in [-0.05, 0) is 61.1 Å². The van der Waals surface area contributed by atoms with Crippen LogP contribution in [0.15, 0.2) is 70.1 Å². The van der Waals surface area contributed by atoms with Crippen LogP contribution in [0.5, 0.6) is 5.75 Å². The summed E-state index contributed by atoms with van der Waals surface area (Å²) in [6.07, 6.45) is 4.44. The zero-order valence-corrected chi connectivity index (χ0v) is 21.9. The number of rotatable bonds is 13. The Hall–Kier alpha value is -2.96. The number of benzene rings is 3. The molecule has 0 spiro atoms. The molecule has 0 fully saturated rings. The summed E-state index contributed by atoms with van der Waals surface area (Å²) in [5, 5.41) is 15.0. The molecule has 0 atom stereocenters. The van der Waals surface area contributed by atoms with Gasteiger partial charge in [-0.2, -0.15) is 0 Å². The highest BCUT2D eigenvalue weighted by Crippen LogP contribution is 2.33. The molecular weight excluding hydrogens is 494 g/mol. The number of hydrogen-bond donors (Lipinski definition) is 1. The molecule has 0 saturated carbocycles. The lowest BCUT2D eigenvalue weighted by molar-refractivity contribution is -0.136. The van der Waals surface area contributed by atoms with Gasteiger partial charge in [0.2, 0.25) is 0 Å². The Morgan fingerprint density at radius 2 is 1.89 bits per heavy atom. The number of aryl methyl sites for hydroxylation is 3. The van der Waals surface area contributed by atoms with Crippen molar-refractivity contribution in [3.63, 3.8) is 0 Å². The molecule has 0 unspecified atom stereocenters. The van der Waals surface area contributed by atoms with Crippen LogP contribution in [-0.2, 0) is 30.5 Å². The van der Waals surface area contributed by atoms with Crippen molar-refractivity contribution in [2.75, 3.05) is 12.4 Å². The van der Waals surface area contributed by atoms with Crippen molar-refractivity contribution in [3.8, 4) is 5.75 Å². The monoisotopic (exact) mass is 523 g/mol. The fraction of sp³-hybridized carbons (Fsp3) is 0.310. The summed E-state index contributed by atoms with van der Waals surface area (Å²) in [4.78, 5) is 11.8. The quantitative estimate of drug-likeness (QED) is 0.145. The van der Waals surface area contributed by atoms with E-state index in [4.69, 9.17) is 26.0 Å². The highest BCUT2D eigenvalue weighted by molar-refractivity contribution is 7.99. The van der Waals surface area contributed by atoms with Gasteiger partial charge in [0.05, 0.1) is 23.7 Å². The molecule has 4 aromatic rings. The lowest BCUT2D eigenvalue weighted by Crippen LogP contribution is -2.02. The van der Waals surface area contributed by atoms with Crippen molar-refractivity contribution in [1.29, 1.82) is 0 Å². The van der Waals surface area contributed by atoms with Crippen LogP contribution in [0.1, 0.15) is 42.1 Å². The fourth-order valence-corrected chi connectivity index (χ4v) is 5.38. The first kappa shape index (κ1) is 26.1. The number of carboxylic acids is 1. The third-order valence-corrected chi connectivity index (χ3v) is 7.51. The third-order valence-electron chi connectivity index (χ3n) is 5.92. The summed E-state index contributed by atoms with van der Waals surface area (Å²) in [7, 11) is 0. The number of halogens is 1. The van der Waals surface area contributed by atoms with Crippen LogP contribution < -0.4 is 4.74 Å². The second kappa shape index (κ2) is 12.8. The second-order valence-electron chi connectivity index (χ2n) is 8.67. The number of thioether (sulfide) groups is 1. The van der Waals surface area contributed by atoms with Crippen LogP contribution in [0.3, 0.4) is 0 Å². The molecule has 4 rings (SSSR count). The van der Waals surface area contributed by atoms with E-state index in [0.29, 0.717) is 17.2 Å². The van der Waals surface area contributed by atoms with E-state index in [9.17, 15) is 4.79 Å². The number of aromatic nitrogens is 1. The van der Waals surface area contributed by atoms with E-state index in [1.54, 1.807) is 17.8 Å². The average Bonchev–Trinajstić information content (AvgIpc) is 3.28. The molecule has 0 aliphatic rings. The molecule has 0 radical (unpaired) electrons. The number of hydrogen-bond acceptors (Lipinski definition) is 5. The minimum absolute atomic E-state index is 0.0251. The second-order valence-corrected chi connectivity index (χ2v) is 10.2. The minimum Gasteiger partial charge on any atom is -0.493 e. The van der Waals surface area contributed by atoms with Gasteiger partial charge in [-0.1, -0.05) is 66.5 Å². The molecule has 0 aliphatic carbocycles. The Bertz CT molecular complexity index is 1310. The topological polar surface area (TPSA) is 72.6 Å². The molecule has 0 amide bonds. The van der Waals surface area contributed by atoms with Crippen molar-refractivity contribution in [2.45, 2.75) is 50.3 Å². The van der Waals surface area contributed by atoms with E-state index in [0.717, 1.165) is 70.7 Å². The predicted molar refractivity (Wildman–Crippen MR) is 145 cm³/mol. The molecule has 1 heterocycles. The van der Waals surface area contributed by atoms with E-state index >= 15 is 0 Å². The summed E-state index contributed by atoms with van der Waals surface area (Å²) in [5.74, 6) is 0.837. The van der Waals surface area contributed by atoms with Gasteiger partial charge in [-0.3, -0.25) is 4.79 Å². The molecule has 188 valence electrons. The first-order valence-corrected chi connectivity index (χ1v) is 13.6. The predicted octanol–water partition coefficient (Wildman–Crippen LogP) is 7.41. The Labute approximate surface area is 220 Å². The van der Waals surface area contributed by atoms with Crippen LogP contribution >= 0.6 is 23.4 Å². The number of ether oxygens (including phenoxy) is 1. The number of nitrogens with zero attached hydrogens (tertiary/aromatic N) is 1. The average molecular weight is 524 g/mol. The van der Waals surface area contributed by atoms with Crippen molar-refractivity contribution >= 4 is 40.3 Å². The van der Waals surface area contributed by atoms with Gasteiger partial charge >= 0.3 is 5.97 Å². The first-order chi connectivity index (χ1) is 17.5. The molecule has 1 N–H and O–H groups in total. The highest BCUT2D eigenvalue weighted by atomic mass is 35.5. The zero-order valence-electron chi connectivity index (χ0n) is 20.3. The summed E-state index contributed by atoms with van der Waals surface area (Å²) in [6, 6.07) is 20.0. The molecule has 7 heteroatoms. The number of aliphatic carboxylic acids is 1. The van der Waals surface area contributed by atoms with Gasteiger partial charge in [0.1, 0.15) is 5.75 Å². The Kier molecular flexibility index (Phi) is 9.31. The third kappa shape index (κ3) is 6.83. The van der Waals surface area contributed by atoms with Crippen molar-refractivity contribution in [2.24, 2.45) is 0 Å². The van der Waals surface area contributed by atoms with Gasteiger partial charge in [-0.25, -0.2) is 0 Å². The molecule has 0 aliphatic heterocycles. The zero-order chi connectivity index (χ0) is 25.3. The first-order valence-electron chi connectivity index (χ1n) is 12.2. The summed E-state index contributed by atoms with van der Waals surface area (Å²) < 4.78 is 12.0. The summed E-state index contributed by atoms with van der Waals surface area (Å²) in [6.45, 7) is 2.73. The minimum atomic E-state index is -0.863. The largest absolute Gasteiger partial charge is 0.493 e. The molecule has 5 nitrogen and oxygen atoms in total. The van der Waals surface area contributed by atoms with Crippen molar-refractivity contribution < 1.29 is 19.2 Å². The number of fused-ring (bicyclic) bond motifs is 1. The van der Waals surface area contributed by atoms with E-state index in [1.165, 1.54) is 5.56 Å². The Morgan fingerprint density at radius 3 is 2.64 bits per heavy atom. The maximum atomic E-state index is 10.9. The Morgan fingerprint density at radius 1 is 1.06 bits per heavy atom. The van der Waals surface area contributed by atoms with E-state index in [1.807, 2.05) is 24.3 Å². The molecule has 36 heavy (non-hydrogen) atoms. The maximum Gasteiger partial charge on any atom is 0.307 e. The van der Waals surface area contributed by atoms with Gasteiger partial charge in [0.15, 0.2) is 5.58 Å². The van der Waals surface area contributed by atoms with Crippen LogP contribution in [0.25, 0.3) is 11.0 Å². The smallest absolute Gasteiger partial charge is 0.307 e. The lowest BCUT2D eigenvalue weighted by atomic mass is 10.0. The van der Waals surface area contributed by atoms with Crippen molar-refractivity contribution in [1.82, 2.24) is 5.16 Å². The van der Waals surface area contributed by atoms with E-state index in [2.05, 4.69) is 42.4 Å². The highest BCUT2D eigenvalue weighted by Gasteiger charge is 2.16. The SMILES string of the molecule is CCCc1c(OCCCSc2ccc(CC(=O)O)cc2Cl)ccc2c(CCc3ccccc3)noc12. The standard InChI is InChI=1S/C29H30ClNO4S/c1-2-7-23-26(34-16-6-17-36-27-15-11-21(18-24(27)30)19-28(32)33)14-12-22-25(31-35-29(22)23)13-10-20-8-4-3-5-9-20/h3-5,8-9,11-12,14-15,18H,2,6-7,10,13,16-17,19H2,1H3,(H,32,33). The molecule has 0 bridgehead atoms. The number of carboxylic acid groups (broad SMARTS) is 1. The molecular formula is C29H30ClNO4S. The molecule has 1 aromatic heterocycles. The van der Waals surface area contributed by atoms with Crippen LogP contribution in [0.2, 0.25) is 5.02 Å². The summed E-state index contributed by atoms with van der Waals surface area (Å²) in [5.41, 5.74) is 4.89. The van der Waals surface area contributed by atoms with Gasteiger partial charge < -0.3 is 14.4 Å². The van der Waals surface area contributed by atoms with Crippen LogP contribution in [0.4, 0.5) is 0 Å². The lowest BCUT2D eigenvalue weighted by Gasteiger charge is -2.12. The van der Waals surface area contributed by atoms with Gasteiger partial charge in [0.25, 0.3) is 0 Å². The molecule has 3 aromatic carbocycles. The fourth-order valence-electron chi connectivity index (χ4n) is 4.17. The van der Waals surface area contributed by atoms with Crippen LogP contribution in [-0.4, -0.2) is 28.6 Å². The normalized spacial score (nSPS) is 11.2. The Balaban J connectivity index is 1.34. The molecule has 0 saturated heterocycles. The maximum absolute atomic E-state index is 10.9. The van der Waals surface area contributed by atoms with E-state index in [-0.39, 0.29) is 6.42 Å². The number of carbonyl (C=O) groups is 1. The van der Waals surface area contributed by atoms with E-state index < -0.39 is 5.97 Å². The van der Waals surface area contributed by atoms with Gasteiger partial charge in [-0.15, -0.1) is 11.8 Å². The van der Waals surface area contributed by atoms with Crippen molar-refractivity contribution in [3.05, 3.63) is 88.1 Å². The summed E-state index contributed by atoms with van der Waals surface area (Å²) >= 11 is 7.98.